The lowest BCUT2D eigenvalue weighted by molar-refractivity contribution is 0.419. The molecule has 0 N–H and O–H groups in total. The van der Waals surface area contributed by atoms with Crippen LogP contribution in [0.25, 0.3) is 16.1 Å². The minimum atomic E-state index is 0.759. The lowest BCUT2D eigenvalue weighted by Crippen LogP contribution is -2.06. The molecule has 1 aliphatic carbocycles. The molecule has 0 bridgehead atoms. The van der Waals surface area contributed by atoms with Gasteiger partial charge in [0, 0.05) is 16.6 Å². The van der Waals surface area contributed by atoms with E-state index in [2.05, 4.69) is 57.5 Å². The van der Waals surface area contributed by atoms with E-state index in [0.29, 0.717) is 0 Å². The van der Waals surface area contributed by atoms with Crippen LogP contribution < -0.4 is 0 Å². The van der Waals surface area contributed by atoms with Crippen molar-refractivity contribution in [3.63, 3.8) is 0 Å². The standard InChI is InChI=1S/C26H35NS/c1-5-7-10-20(9-6-2)13-14-21-15-23(19(3)4)17-24(16-21)26-27-18-25(28-26)22-11-8-12-22/h5,15-18,20,22H,1,3,6-14H2,2,4H3. The van der Waals surface area contributed by atoms with E-state index in [1.165, 1.54) is 71.5 Å². The Morgan fingerprint density at radius 3 is 2.71 bits per heavy atom. The van der Waals surface area contributed by atoms with E-state index >= 15 is 0 Å². The zero-order valence-corrected chi connectivity index (χ0v) is 18.5. The molecule has 150 valence electrons. The van der Waals surface area contributed by atoms with Crippen LogP contribution in [-0.2, 0) is 6.42 Å². The summed E-state index contributed by atoms with van der Waals surface area (Å²) in [4.78, 5) is 6.24. The summed E-state index contributed by atoms with van der Waals surface area (Å²) in [7, 11) is 0. The smallest absolute Gasteiger partial charge is 0.123 e. The first-order valence-electron chi connectivity index (χ1n) is 11.0. The van der Waals surface area contributed by atoms with E-state index in [1.807, 2.05) is 11.3 Å². The largest absolute Gasteiger partial charge is 0.244 e. The highest BCUT2D eigenvalue weighted by Crippen LogP contribution is 2.41. The number of hydrogen-bond acceptors (Lipinski definition) is 2. The predicted molar refractivity (Wildman–Crippen MR) is 125 cm³/mol. The van der Waals surface area contributed by atoms with Crippen molar-refractivity contribution in [3.8, 4) is 10.6 Å². The molecule has 28 heavy (non-hydrogen) atoms. The molecule has 3 rings (SSSR count). The summed E-state index contributed by atoms with van der Waals surface area (Å²) in [5.74, 6) is 1.56. The van der Waals surface area contributed by atoms with Gasteiger partial charge in [-0.2, -0.15) is 0 Å². The second kappa shape index (κ2) is 10.2. The Bertz CT molecular complexity index is 797. The number of nitrogens with zero attached hydrogens (tertiary/aromatic N) is 1. The maximum atomic E-state index is 4.77. The molecule has 1 saturated carbocycles. The number of rotatable bonds is 11. The van der Waals surface area contributed by atoms with Crippen LogP contribution in [0.5, 0.6) is 0 Å². The van der Waals surface area contributed by atoms with Gasteiger partial charge < -0.3 is 0 Å². The molecule has 1 aromatic carbocycles. The number of aryl methyl sites for hydroxylation is 1. The van der Waals surface area contributed by atoms with E-state index < -0.39 is 0 Å². The second-order valence-corrected chi connectivity index (χ2v) is 9.52. The average molecular weight is 394 g/mol. The van der Waals surface area contributed by atoms with Crippen LogP contribution >= 0.6 is 11.3 Å². The van der Waals surface area contributed by atoms with Gasteiger partial charge in [-0.3, -0.25) is 0 Å². The van der Waals surface area contributed by atoms with Gasteiger partial charge in [0.2, 0.25) is 0 Å². The minimum Gasteiger partial charge on any atom is -0.244 e. The Balaban J connectivity index is 1.78. The number of hydrogen-bond donors (Lipinski definition) is 0. The Kier molecular flexibility index (Phi) is 7.67. The lowest BCUT2D eigenvalue weighted by atomic mass is 9.85. The minimum absolute atomic E-state index is 0.759. The van der Waals surface area contributed by atoms with E-state index in [4.69, 9.17) is 4.98 Å². The van der Waals surface area contributed by atoms with E-state index in [0.717, 1.165) is 30.3 Å². The van der Waals surface area contributed by atoms with Crippen molar-refractivity contribution in [1.82, 2.24) is 4.98 Å². The molecule has 1 heterocycles. The molecule has 2 heteroatoms. The Labute approximate surface area is 175 Å². The molecule has 0 amide bonds. The summed E-state index contributed by atoms with van der Waals surface area (Å²) >= 11 is 1.89. The highest BCUT2D eigenvalue weighted by molar-refractivity contribution is 7.15. The molecule has 0 spiro atoms. The van der Waals surface area contributed by atoms with Gasteiger partial charge in [0.25, 0.3) is 0 Å². The summed E-state index contributed by atoms with van der Waals surface area (Å²) in [5, 5.41) is 1.17. The van der Waals surface area contributed by atoms with Crippen LogP contribution in [0.15, 0.2) is 43.6 Å². The van der Waals surface area contributed by atoms with Crippen molar-refractivity contribution in [3.05, 3.63) is 59.6 Å². The second-order valence-electron chi connectivity index (χ2n) is 8.45. The third-order valence-electron chi connectivity index (χ3n) is 6.08. The number of allylic oxidation sites excluding steroid dienone is 2. The van der Waals surface area contributed by atoms with Gasteiger partial charge in [-0.05, 0) is 80.5 Å². The molecule has 0 aliphatic heterocycles. The first-order chi connectivity index (χ1) is 13.6. The maximum absolute atomic E-state index is 4.77. The number of benzene rings is 1. The number of thiazole rings is 1. The summed E-state index contributed by atoms with van der Waals surface area (Å²) in [6.07, 6.45) is 15.6. The highest BCUT2D eigenvalue weighted by Gasteiger charge is 2.22. The van der Waals surface area contributed by atoms with Crippen LogP contribution in [0.2, 0.25) is 0 Å². The molecule has 1 nitrogen and oxygen atoms in total. The molecule has 1 aromatic heterocycles. The van der Waals surface area contributed by atoms with Gasteiger partial charge in [0.1, 0.15) is 5.01 Å². The summed E-state index contributed by atoms with van der Waals surface area (Å²) < 4.78 is 0. The average Bonchev–Trinajstić information content (AvgIpc) is 3.11. The van der Waals surface area contributed by atoms with Gasteiger partial charge in [0.05, 0.1) is 0 Å². The summed E-state index contributed by atoms with van der Waals surface area (Å²) in [5.41, 5.74) is 5.08. The normalized spacial score (nSPS) is 15.2. The maximum Gasteiger partial charge on any atom is 0.123 e. The fourth-order valence-corrected chi connectivity index (χ4v) is 5.15. The van der Waals surface area contributed by atoms with Gasteiger partial charge in [-0.25, -0.2) is 4.98 Å². The van der Waals surface area contributed by atoms with Crippen molar-refractivity contribution >= 4 is 16.9 Å². The van der Waals surface area contributed by atoms with E-state index in [1.54, 1.807) is 0 Å². The first-order valence-corrected chi connectivity index (χ1v) is 11.8. The Morgan fingerprint density at radius 2 is 2.07 bits per heavy atom. The zero-order valence-electron chi connectivity index (χ0n) is 17.7. The summed E-state index contributed by atoms with van der Waals surface area (Å²) in [6, 6.07) is 6.98. The fourth-order valence-electron chi connectivity index (χ4n) is 4.07. The Morgan fingerprint density at radius 1 is 1.25 bits per heavy atom. The quantitative estimate of drug-likeness (QED) is 0.349. The van der Waals surface area contributed by atoms with Crippen molar-refractivity contribution < 1.29 is 0 Å². The topological polar surface area (TPSA) is 12.9 Å². The SMILES string of the molecule is C=CCCC(CCC)CCc1cc(C(=C)C)cc(-c2ncc(C3CCC3)s2)c1. The van der Waals surface area contributed by atoms with Crippen LogP contribution in [-0.4, -0.2) is 4.98 Å². The van der Waals surface area contributed by atoms with Crippen molar-refractivity contribution in [2.75, 3.05) is 0 Å². The van der Waals surface area contributed by atoms with Gasteiger partial charge >= 0.3 is 0 Å². The van der Waals surface area contributed by atoms with Crippen molar-refractivity contribution in [2.24, 2.45) is 5.92 Å². The van der Waals surface area contributed by atoms with Gasteiger partial charge in [-0.1, -0.05) is 50.5 Å². The Hall–Kier alpha value is -1.67. The van der Waals surface area contributed by atoms with Crippen molar-refractivity contribution in [2.45, 2.75) is 77.6 Å². The van der Waals surface area contributed by atoms with E-state index in [-0.39, 0.29) is 0 Å². The molecule has 1 aliphatic rings. The van der Waals surface area contributed by atoms with Crippen LogP contribution in [0.1, 0.15) is 87.1 Å². The zero-order chi connectivity index (χ0) is 19.9. The lowest BCUT2D eigenvalue weighted by Gasteiger charge is -2.23. The molecule has 1 atom stereocenters. The first kappa shape index (κ1) is 21.0. The van der Waals surface area contributed by atoms with Crippen LogP contribution in [0.4, 0.5) is 0 Å². The molecule has 0 radical (unpaired) electrons. The van der Waals surface area contributed by atoms with Crippen LogP contribution in [0.3, 0.4) is 0 Å². The molecule has 2 aromatic rings. The van der Waals surface area contributed by atoms with Crippen LogP contribution in [0, 0.1) is 5.92 Å². The molecule has 1 unspecified atom stereocenters. The third kappa shape index (κ3) is 5.44. The highest BCUT2D eigenvalue weighted by atomic mass is 32.1. The molecule has 1 fully saturated rings. The molecular formula is C26H35NS. The third-order valence-corrected chi connectivity index (χ3v) is 7.29. The van der Waals surface area contributed by atoms with Gasteiger partial charge in [-0.15, -0.1) is 17.9 Å². The molecule has 0 saturated heterocycles. The monoisotopic (exact) mass is 393 g/mol. The predicted octanol–water partition coefficient (Wildman–Crippen LogP) is 8.43. The molecular weight excluding hydrogens is 358 g/mol. The fraction of sp³-hybridized carbons (Fsp3) is 0.500. The van der Waals surface area contributed by atoms with Crippen molar-refractivity contribution in [1.29, 1.82) is 0 Å². The van der Waals surface area contributed by atoms with Gasteiger partial charge in [0.15, 0.2) is 0 Å². The summed E-state index contributed by atoms with van der Waals surface area (Å²) in [6.45, 7) is 12.5. The number of aromatic nitrogens is 1. The van der Waals surface area contributed by atoms with E-state index in [9.17, 15) is 0 Å².